The van der Waals surface area contributed by atoms with E-state index < -0.39 is 0 Å². The summed E-state index contributed by atoms with van der Waals surface area (Å²) in [6.45, 7) is 4.27. The van der Waals surface area contributed by atoms with Crippen LogP contribution in [0.3, 0.4) is 0 Å². The number of benzene rings is 1. The molecule has 1 aromatic heterocycles. The number of thioether (sulfide) groups is 1. The molecular weight excluding hydrogens is 230 g/mol. The third-order valence-electron chi connectivity index (χ3n) is 2.66. The molecule has 0 aliphatic heterocycles. The van der Waals surface area contributed by atoms with Gasteiger partial charge in [-0.3, -0.25) is 0 Å². The molecular formula is C13H17N3S. The van der Waals surface area contributed by atoms with Crippen LogP contribution in [0.1, 0.15) is 18.9 Å². The van der Waals surface area contributed by atoms with Crippen molar-refractivity contribution in [1.82, 2.24) is 14.8 Å². The molecule has 0 amide bonds. The highest BCUT2D eigenvalue weighted by atomic mass is 32.2. The normalized spacial score (nSPS) is 10.8. The van der Waals surface area contributed by atoms with E-state index in [1.54, 1.807) is 11.8 Å². The quantitative estimate of drug-likeness (QED) is 0.777. The standard InChI is InChI=1S/C13H17N3S/c1-4-9-17-13-15-14-12(16(13)3)11-8-6-5-7-10(11)2/h5-8H,4,9H2,1-3H3. The van der Waals surface area contributed by atoms with E-state index in [-0.39, 0.29) is 0 Å². The second kappa shape index (κ2) is 5.36. The molecule has 1 aromatic carbocycles. The molecule has 4 heteroatoms. The largest absolute Gasteiger partial charge is 0.305 e. The molecule has 17 heavy (non-hydrogen) atoms. The average Bonchev–Trinajstić information content (AvgIpc) is 2.69. The Hall–Kier alpha value is -1.29. The summed E-state index contributed by atoms with van der Waals surface area (Å²) < 4.78 is 2.07. The Morgan fingerprint density at radius 1 is 1.24 bits per heavy atom. The predicted molar refractivity (Wildman–Crippen MR) is 72.2 cm³/mol. The van der Waals surface area contributed by atoms with E-state index in [1.807, 2.05) is 19.2 Å². The number of hydrogen-bond acceptors (Lipinski definition) is 3. The van der Waals surface area contributed by atoms with Gasteiger partial charge < -0.3 is 4.57 Å². The molecule has 0 fully saturated rings. The van der Waals surface area contributed by atoms with E-state index in [9.17, 15) is 0 Å². The van der Waals surface area contributed by atoms with Gasteiger partial charge in [0, 0.05) is 18.4 Å². The van der Waals surface area contributed by atoms with Crippen molar-refractivity contribution < 1.29 is 0 Å². The van der Waals surface area contributed by atoms with Crippen LogP contribution >= 0.6 is 11.8 Å². The first-order valence-electron chi connectivity index (χ1n) is 5.82. The molecule has 0 aliphatic carbocycles. The van der Waals surface area contributed by atoms with Gasteiger partial charge in [0.25, 0.3) is 0 Å². The molecule has 0 spiro atoms. The summed E-state index contributed by atoms with van der Waals surface area (Å²) in [5.74, 6) is 2.03. The van der Waals surface area contributed by atoms with Crippen molar-refractivity contribution in [3.05, 3.63) is 29.8 Å². The molecule has 2 aromatic rings. The zero-order chi connectivity index (χ0) is 12.3. The van der Waals surface area contributed by atoms with Gasteiger partial charge in [0.15, 0.2) is 11.0 Å². The highest BCUT2D eigenvalue weighted by molar-refractivity contribution is 7.99. The molecule has 2 rings (SSSR count). The van der Waals surface area contributed by atoms with E-state index in [4.69, 9.17) is 0 Å². The minimum atomic E-state index is 0.946. The Bertz CT molecular complexity index is 505. The molecule has 0 saturated carbocycles. The van der Waals surface area contributed by atoms with Crippen molar-refractivity contribution in [2.75, 3.05) is 5.75 Å². The van der Waals surface area contributed by atoms with Crippen molar-refractivity contribution >= 4 is 11.8 Å². The highest BCUT2D eigenvalue weighted by Crippen LogP contribution is 2.24. The van der Waals surface area contributed by atoms with Crippen LogP contribution < -0.4 is 0 Å². The summed E-state index contributed by atoms with van der Waals surface area (Å²) in [5.41, 5.74) is 2.39. The van der Waals surface area contributed by atoms with E-state index in [0.717, 1.165) is 28.7 Å². The summed E-state index contributed by atoms with van der Waals surface area (Å²) >= 11 is 1.76. The van der Waals surface area contributed by atoms with Crippen molar-refractivity contribution in [2.24, 2.45) is 7.05 Å². The molecule has 0 atom stereocenters. The second-order valence-electron chi connectivity index (χ2n) is 4.03. The van der Waals surface area contributed by atoms with E-state index in [0.29, 0.717) is 0 Å². The van der Waals surface area contributed by atoms with Crippen molar-refractivity contribution in [3.63, 3.8) is 0 Å². The maximum Gasteiger partial charge on any atom is 0.191 e. The minimum absolute atomic E-state index is 0.946. The van der Waals surface area contributed by atoms with Crippen LogP contribution in [0.25, 0.3) is 11.4 Å². The van der Waals surface area contributed by atoms with Crippen LogP contribution in [-0.2, 0) is 7.05 Å². The number of aromatic nitrogens is 3. The van der Waals surface area contributed by atoms with Gasteiger partial charge in [-0.1, -0.05) is 43.0 Å². The summed E-state index contributed by atoms with van der Waals surface area (Å²) in [6, 6.07) is 8.27. The molecule has 90 valence electrons. The first-order valence-corrected chi connectivity index (χ1v) is 6.80. The minimum Gasteiger partial charge on any atom is -0.305 e. The van der Waals surface area contributed by atoms with E-state index >= 15 is 0 Å². The van der Waals surface area contributed by atoms with Gasteiger partial charge in [0.05, 0.1) is 0 Å². The molecule has 0 bridgehead atoms. The van der Waals surface area contributed by atoms with Gasteiger partial charge >= 0.3 is 0 Å². The van der Waals surface area contributed by atoms with E-state index in [2.05, 4.69) is 40.7 Å². The third-order valence-corrected chi connectivity index (χ3v) is 3.88. The predicted octanol–water partition coefficient (Wildman–Crippen LogP) is 3.29. The number of nitrogens with zero attached hydrogens (tertiary/aromatic N) is 3. The van der Waals surface area contributed by atoms with Crippen LogP contribution in [0.2, 0.25) is 0 Å². The SMILES string of the molecule is CCCSc1nnc(-c2ccccc2C)n1C. The molecule has 3 nitrogen and oxygen atoms in total. The summed E-state index contributed by atoms with van der Waals surface area (Å²) in [7, 11) is 2.03. The van der Waals surface area contributed by atoms with Gasteiger partial charge in [0.2, 0.25) is 0 Å². The Morgan fingerprint density at radius 3 is 2.71 bits per heavy atom. The van der Waals surface area contributed by atoms with Crippen molar-refractivity contribution in [2.45, 2.75) is 25.4 Å². The maximum atomic E-state index is 4.29. The lowest BCUT2D eigenvalue weighted by atomic mass is 10.1. The topological polar surface area (TPSA) is 30.7 Å². The zero-order valence-electron chi connectivity index (χ0n) is 10.5. The fourth-order valence-corrected chi connectivity index (χ4v) is 2.46. The molecule has 0 aliphatic rings. The number of aryl methyl sites for hydroxylation is 1. The van der Waals surface area contributed by atoms with E-state index in [1.165, 1.54) is 5.56 Å². The van der Waals surface area contributed by atoms with Gasteiger partial charge in [-0.2, -0.15) is 0 Å². The number of hydrogen-bond donors (Lipinski definition) is 0. The molecule has 1 heterocycles. The Balaban J connectivity index is 2.34. The smallest absolute Gasteiger partial charge is 0.191 e. The van der Waals surface area contributed by atoms with Crippen LogP contribution in [0.5, 0.6) is 0 Å². The molecule has 0 N–H and O–H groups in total. The monoisotopic (exact) mass is 247 g/mol. The first-order chi connectivity index (χ1) is 8.24. The van der Waals surface area contributed by atoms with Crippen LogP contribution in [0.4, 0.5) is 0 Å². The average molecular weight is 247 g/mol. The van der Waals surface area contributed by atoms with Crippen LogP contribution in [-0.4, -0.2) is 20.5 Å². The highest BCUT2D eigenvalue weighted by Gasteiger charge is 2.11. The van der Waals surface area contributed by atoms with Crippen LogP contribution in [0, 0.1) is 6.92 Å². The Morgan fingerprint density at radius 2 is 2.00 bits per heavy atom. The number of rotatable bonds is 4. The fraction of sp³-hybridized carbons (Fsp3) is 0.385. The van der Waals surface area contributed by atoms with Gasteiger partial charge in [-0.15, -0.1) is 10.2 Å². The lowest BCUT2D eigenvalue weighted by molar-refractivity contribution is 0.792. The molecule has 0 saturated heterocycles. The van der Waals surface area contributed by atoms with Crippen LogP contribution in [0.15, 0.2) is 29.4 Å². The zero-order valence-corrected chi connectivity index (χ0v) is 11.3. The van der Waals surface area contributed by atoms with Gasteiger partial charge in [-0.25, -0.2) is 0 Å². The lowest BCUT2D eigenvalue weighted by Crippen LogP contribution is -1.96. The summed E-state index contributed by atoms with van der Waals surface area (Å²) in [5, 5.41) is 9.53. The van der Waals surface area contributed by atoms with Crippen molar-refractivity contribution in [3.8, 4) is 11.4 Å². The summed E-state index contributed by atoms with van der Waals surface area (Å²) in [4.78, 5) is 0. The second-order valence-corrected chi connectivity index (χ2v) is 5.09. The Kier molecular flexibility index (Phi) is 3.84. The third kappa shape index (κ3) is 2.52. The van der Waals surface area contributed by atoms with Gasteiger partial charge in [-0.05, 0) is 18.9 Å². The first kappa shape index (κ1) is 12.2. The maximum absolute atomic E-state index is 4.29. The molecule has 0 radical (unpaired) electrons. The molecule has 0 unspecified atom stereocenters. The summed E-state index contributed by atoms with van der Waals surface area (Å²) in [6.07, 6.45) is 1.15. The lowest BCUT2D eigenvalue weighted by Gasteiger charge is -2.05. The fourth-order valence-electron chi connectivity index (χ4n) is 1.69. The van der Waals surface area contributed by atoms with Crippen molar-refractivity contribution in [1.29, 1.82) is 0 Å². The Labute approximate surface area is 106 Å². The van der Waals surface area contributed by atoms with Gasteiger partial charge in [0.1, 0.15) is 0 Å².